The molecule has 1 saturated heterocycles. The normalized spacial score (nSPS) is 25.2. The summed E-state index contributed by atoms with van der Waals surface area (Å²) in [4.78, 5) is 0. The number of fused-ring (bicyclic) bond motifs is 1. The first kappa shape index (κ1) is 12.3. The maximum Gasteiger partial charge on any atom is 0.246 e. The largest absolute Gasteiger partial charge is 0.449 e. The highest BCUT2D eigenvalue weighted by Crippen LogP contribution is 2.44. The molecule has 0 aliphatic carbocycles. The lowest BCUT2D eigenvalue weighted by Crippen LogP contribution is -2.29. The van der Waals surface area contributed by atoms with E-state index < -0.39 is 5.79 Å². The molecule has 0 spiro atoms. The molecule has 2 aliphatic rings. The van der Waals surface area contributed by atoms with Gasteiger partial charge in [-0.2, -0.15) is 0 Å². The molecule has 1 unspecified atom stereocenters. The van der Waals surface area contributed by atoms with Gasteiger partial charge in [-0.15, -0.1) is 0 Å². The molecule has 0 radical (unpaired) electrons. The lowest BCUT2D eigenvalue weighted by Gasteiger charge is -2.25. The Morgan fingerprint density at radius 2 is 1.94 bits per heavy atom. The topological polar surface area (TPSA) is 30.5 Å². The summed E-state index contributed by atoms with van der Waals surface area (Å²) in [6.45, 7) is 4.95. The lowest BCUT2D eigenvalue weighted by molar-refractivity contribution is -0.0431. The molecule has 1 atom stereocenters. The van der Waals surface area contributed by atoms with Gasteiger partial charge < -0.3 is 14.8 Å². The second-order valence-corrected chi connectivity index (χ2v) is 6.28. The summed E-state index contributed by atoms with van der Waals surface area (Å²) >= 11 is 3.65. The quantitative estimate of drug-likeness (QED) is 0.856. The Bertz CT molecular complexity index is 467. The predicted molar refractivity (Wildman–Crippen MR) is 74.1 cm³/mol. The molecule has 3 rings (SSSR count). The Kier molecular flexibility index (Phi) is 3.02. The average Bonchev–Trinajstić information content (AvgIpc) is 2.62. The number of benzene rings is 1. The van der Waals surface area contributed by atoms with Gasteiger partial charge in [0.2, 0.25) is 5.79 Å². The Labute approximate surface area is 116 Å². The summed E-state index contributed by atoms with van der Waals surface area (Å²) < 4.78 is 12.7. The van der Waals surface area contributed by atoms with Crippen molar-refractivity contribution < 1.29 is 9.47 Å². The summed E-state index contributed by atoms with van der Waals surface area (Å²) in [6, 6.07) is 4.55. The second kappa shape index (κ2) is 4.42. The number of hydrogen-bond acceptors (Lipinski definition) is 3. The Balaban J connectivity index is 1.93. The van der Waals surface area contributed by atoms with Gasteiger partial charge in [0.05, 0.1) is 0 Å². The number of halogens is 1. The van der Waals surface area contributed by atoms with Crippen LogP contribution in [0.4, 0.5) is 0 Å². The molecule has 0 bridgehead atoms. The van der Waals surface area contributed by atoms with Crippen molar-refractivity contribution >= 4 is 15.9 Å². The van der Waals surface area contributed by atoms with Gasteiger partial charge in [0.25, 0.3) is 0 Å². The van der Waals surface area contributed by atoms with E-state index in [0.717, 1.165) is 22.5 Å². The first-order chi connectivity index (χ1) is 8.55. The van der Waals surface area contributed by atoms with Crippen molar-refractivity contribution in [3.05, 3.63) is 22.2 Å². The van der Waals surface area contributed by atoms with E-state index >= 15 is 0 Å². The summed E-state index contributed by atoms with van der Waals surface area (Å²) in [5.74, 6) is 1.12. The first-order valence-electron chi connectivity index (χ1n) is 6.50. The average molecular weight is 312 g/mol. The van der Waals surface area contributed by atoms with Crippen molar-refractivity contribution in [2.75, 3.05) is 6.54 Å². The summed E-state index contributed by atoms with van der Waals surface area (Å²) in [5, 5.41) is 3.56. The van der Waals surface area contributed by atoms with Crippen LogP contribution in [0.3, 0.4) is 0 Å². The van der Waals surface area contributed by atoms with E-state index in [0.29, 0.717) is 6.04 Å². The summed E-state index contributed by atoms with van der Waals surface area (Å²) in [6.07, 6.45) is 3.73. The third-order valence-electron chi connectivity index (χ3n) is 3.46. The van der Waals surface area contributed by atoms with E-state index in [1.54, 1.807) is 0 Å². The third kappa shape index (κ3) is 2.24. The zero-order valence-electron chi connectivity index (χ0n) is 10.8. The van der Waals surface area contributed by atoms with Gasteiger partial charge in [-0.1, -0.05) is 22.4 Å². The van der Waals surface area contributed by atoms with Gasteiger partial charge >= 0.3 is 0 Å². The van der Waals surface area contributed by atoms with Crippen LogP contribution in [0.5, 0.6) is 11.5 Å². The molecule has 1 aromatic carbocycles. The highest BCUT2D eigenvalue weighted by atomic mass is 79.9. The zero-order valence-corrected chi connectivity index (χ0v) is 12.3. The van der Waals surface area contributed by atoms with Gasteiger partial charge in [0.15, 0.2) is 11.5 Å². The van der Waals surface area contributed by atoms with E-state index in [9.17, 15) is 0 Å². The Morgan fingerprint density at radius 3 is 2.61 bits per heavy atom. The minimum atomic E-state index is -0.555. The molecule has 2 aliphatic heterocycles. The van der Waals surface area contributed by atoms with Gasteiger partial charge in [-0.3, -0.25) is 0 Å². The molecule has 98 valence electrons. The molecular weight excluding hydrogens is 294 g/mol. The molecule has 1 N–H and O–H groups in total. The molecule has 3 nitrogen and oxygen atoms in total. The first-order valence-corrected chi connectivity index (χ1v) is 7.29. The number of rotatable bonds is 1. The van der Waals surface area contributed by atoms with Crippen molar-refractivity contribution in [1.82, 2.24) is 5.32 Å². The van der Waals surface area contributed by atoms with Crippen LogP contribution in [0.1, 0.15) is 44.7 Å². The monoisotopic (exact) mass is 311 g/mol. The Hall–Kier alpha value is -0.740. The molecule has 18 heavy (non-hydrogen) atoms. The van der Waals surface area contributed by atoms with Crippen LogP contribution in [0, 0.1) is 0 Å². The highest BCUT2D eigenvalue weighted by Gasteiger charge is 2.33. The number of piperidine rings is 1. The Morgan fingerprint density at radius 1 is 1.22 bits per heavy atom. The van der Waals surface area contributed by atoms with Crippen LogP contribution in [0.25, 0.3) is 0 Å². The zero-order chi connectivity index (χ0) is 12.8. The van der Waals surface area contributed by atoms with Gasteiger partial charge in [-0.25, -0.2) is 0 Å². The van der Waals surface area contributed by atoms with Gasteiger partial charge in [0, 0.05) is 24.4 Å². The van der Waals surface area contributed by atoms with Crippen LogP contribution in [-0.2, 0) is 0 Å². The minimum absolute atomic E-state index is 0.422. The van der Waals surface area contributed by atoms with Crippen molar-refractivity contribution in [2.24, 2.45) is 0 Å². The smallest absolute Gasteiger partial charge is 0.246 e. The third-order valence-corrected chi connectivity index (χ3v) is 4.15. The highest BCUT2D eigenvalue weighted by molar-refractivity contribution is 9.10. The maximum absolute atomic E-state index is 5.81. The fraction of sp³-hybridized carbons (Fsp3) is 0.571. The second-order valence-electron chi connectivity index (χ2n) is 5.43. The fourth-order valence-electron chi connectivity index (χ4n) is 2.65. The number of ether oxygens (including phenoxy) is 2. The van der Waals surface area contributed by atoms with E-state index in [1.165, 1.54) is 24.8 Å². The summed E-state index contributed by atoms with van der Waals surface area (Å²) in [7, 11) is 0. The molecule has 1 aromatic rings. The van der Waals surface area contributed by atoms with E-state index in [4.69, 9.17) is 9.47 Å². The number of nitrogens with one attached hydrogen (secondary N) is 1. The van der Waals surface area contributed by atoms with Crippen LogP contribution in [0.15, 0.2) is 16.6 Å². The molecule has 4 heteroatoms. The SMILES string of the molecule is CC1(C)Oc2cc(Br)c(C3CCCCN3)cc2O1. The molecule has 0 saturated carbocycles. The van der Waals surface area contributed by atoms with Crippen LogP contribution >= 0.6 is 15.9 Å². The van der Waals surface area contributed by atoms with Crippen LogP contribution < -0.4 is 14.8 Å². The van der Waals surface area contributed by atoms with Gasteiger partial charge in [-0.05, 0) is 37.1 Å². The molecule has 1 fully saturated rings. The number of hydrogen-bond donors (Lipinski definition) is 1. The standard InChI is InChI=1S/C14H18BrNO2/c1-14(2)17-12-7-9(10(15)8-13(12)18-14)11-5-3-4-6-16-11/h7-8,11,16H,3-6H2,1-2H3. The summed E-state index contributed by atoms with van der Waals surface area (Å²) in [5.41, 5.74) is 1.27. The fourth-order valence-corrected chi connectivity index (χ4v) is 3.24. The maximum atomic E-state index is 5.81. The van der Waals surface area contributed by atoms with Crippen molar-refractivity contribution in [1.29, 1.82) is 0 Å². The van der Waals surface area contributed by atoms with Gasteiger partial charge in [0.1, 0.15) is 0 Å². The molecule has 0 amide bonds. The van der Waals surface area contributed by atoms with Crippen molar-refractivity contribution in [3.63, 3.8) is 0 Å². The van der Waals surface area contributed by atoms with E-state index in [-0.39, 0.29) is 0 Å². The van der Waals surface area contributed by atoms with Crippen LogP contribution in [-0.4, -0.2) is 12.3 Å². The molecule has 0 aromatic heterocycles. The predicted octanol–water partition coefficient (Wildman–Crippen LogP) is 3.77. The van der Waals surface area contributed by atoms with E-state index in [2.05, 4.69) is 27.3 Å². The molecule has 2 heterocycles. The van der Waals surface area contributed by atoms with Crippen molar-refractivity contribution in [3.8, 4) is 11.5 Å². The lowest BCUT2D eigenvalue weighted by atomic mass is 9.97. The van der Waals surface area contributed by atoms with Crippen LogP contribution in [0.2, 0.25) is 0 Å². The van der Waals surface area contributed by atoms with Crippen molar-refractivity contribution in [2.45, 2.75) is 44.9 Å². The molecular formula is C14H18BrNO2. The van der Waals surface area contributed by atoms with E-state index in [1.807, 2.05) is 19.9 Å². The minimum Gasteiger partial charge on any atom is -0.449 e.